The van der Waals surface area contributed by atoms with Crippen LogP contribution < -0.4 is 5.73 Å². The summed E-state index contributed by atoms with van der Waals surface area (Å²) in [6, 6.07) is 3.38. The highest BCUT2D eigenvalue weighted by atomic mass is 35.5. The SMILES string of the molecule is CCc1cc(/C=C/CN)cc(Cl)c1F. The van der Waals surface area contributed by atoms with Crippen LogP contribution >= 0.6 is 11.6 Å². The summed E-state index contributed by atoms with van der Waals surface area (Å²) in [5.41, 5.74) is 6.84. The molecule has 1 nitrogen and oxygen atoms in total. The molecule has 1 aromatic carbocycles. The second-order valence-corrected chi connectivity index (χ2v) is 3.37. The number of aryl methyl sites for hydroxylation is 1. The molecular weight excluding hydrogens is 201 g/mol. The second-order valence-electron chi connectivity index (χ2n) is 2.97. The smallest absolute Gasteiger partial charge is 0.144 e. The van der Waals surface area contributed by atoms with Crippen LogP contribution in [0.1, 0.15) is 18.1 Å². The maximum absolute atomic E-state index is 13.3. The number of nitrogens with two attached hydrogens (primary N) is 1. The number of hydrogen-bond acceptors (Lipinski definition) is 1. The Labute approximate surface area is 88.4 Å². The van der Waals surface area contributed by atoms with Crippen molar-refractivity contribution in [2.45, 2.75) is 13.3 Å². The summed E-state index contributed by atoms with van der Waals surface area (Å²) in [6.07, 6.45) is 4.28. The van der Waals surface area contributed by atoms with Crippen molar-refractivity contribution in [3.63, 3.8) is 0 Å². The van der Waals surface area contributed by atoms with Gasteiger partial charge in [-0.2, -0.15) is 0 Å². The third-order valence-electron chi connectivity index (χ3n) is 1.95. The third-order valence-corrected chi connectivity index (χ3v) is 2.23. The highest BCUT2D eigenvalue weighted by molar-refractivity contribution is 6.31. The van der Waals surface area contributed by atoms with E-state index in [-0.39, 0.29) is 10.8 Å². The summed E-state index contributed by atoms with van der Waals surface area (Å²) in [7, 11) is 0. The van der Waals surface area contributed by atoms with Gasteiger partial charge in [0.2, 0.25) is 0 Å². The Balaban J connectivity index is 3.09. The minimum atomic E-state index is -0.320. The minimum absolute atomic E-state index is 0.168. The molecule has 0 radical (unpaired) electrons. The number of benzene rings is 1. The van der Waals surface area contributed by atoms with Crippen molar-refractivity contribution in [2.75, 3.05) is 6.54 Å². The standard InChI is InChI=1S/C11H13ClFN/c1-2-9-6-8(4-3-5-14)7-10(12)11(9)13/h3-4,6-7H,2,5,14H2,1H3/b4-3+. The van der Waals surface area contributed by atoms with Crippen molar-refractivity contribution in [1.82, 2.24) is 0 Å². The van der Waals surface area contributed by atoms with Gasteiger partial charge in [-0.1, -0.05) is 30.7 Å². The molecule has 0 saturated heterocycles. The molecule has 0 bridgehead atoms. The highest BCUT2D eigenvalue weighted by Crippen LogP contribution is 2.22. The van der Waals surface area contributed by atoms with Crippen LogP contribution in [0, 0.1) is 5.82 Å². The zero-order valence-electron chi connectivity index (χ0n) is 8.06. The average Bonchev–Trinajstić information content (AvgIpc) is 2.19. The molecule has 0 aliphatic heterocycles. The number of halogens is 2. The number of hydrogen-bond donors (Lipinski definition) is 1. The Hall–Kier alpha value is -0.860. The lowest BCUT2D eigenvalue weighted by Gasteiger charge is -2.03. The summed E-state index contributed by atoms with van der Waals surface area (Å²) in [5.74, 6) is -0.320. The van der Waals surface area contributed by atoms with Gasteiger partial charge in [0.05, 0.1) is 5.02 Å². The molecule has 0 spiro atoms. The Morgan fingerprint density at radius 3 is 2.79 bits per heavy atom. The first kappa shape index (κ1) is 11.2. The average molecular weight is 214 g/mol. The van der Waals surface area contributed by atoms with Gasteiger partial charge in [-0.3, -0.25) is 0 Å². The lowest BCUT2D eigenvalue weighted by atomic mass is 10.1. The molecule has 0 aromatic heterocycles. The van der Waals surface area contributed by atoms with E-state index >= 15 is 0 Å². The highest BCUT2D eigenvalue weighted by Gasteiger charge is 2.06. The van der Waals surface area contributed by atoms with E-state index in [0.29, 0.717) is 18.5 Å². The lowest BCUT2D eigenvalue weighted by molar-refractivity contribution is 0.612. The van der Waals surface area contributed by atoms with Crippen LogP contribution in [0.5, 0.6) is 0 Å². The summed E-state index contributed by atoms with van der Waals surface area (Å²) >= 11 is 5.74. The molecule has 2 N–H and O–H groups in total. The molecule has 1 aromatic rings. The molecule has 0 atom stereocenters. The van der Waals surface area contributed by atoms with E-state index in [2.05, 4.69) is 0 Å². The largest absolute Gasteiger partial charge is 0.327 e. The first-order chi connectivity index (χ1) is 6.69. The predicted molar refractivity (Wildman–Crippen MR) is 58.9 cm³/mol. The summed E-state index contributed by atoms with van der Waals surface area (Å²) < 4.78 is 13.3. The van der Waals surface area contributed by atoms with Gasteiger partial charge in [0.1, 0.15) is 5.82 Å². The first-order valence-electron chi connectivity index (χ1n) is 4.53. The lowest BCUT2D eigenvalue weighted by Crippen LogP contribution is -1.93. The molecule has 0 unspecified atom stereocenters. The van der Waals surface area contributed by atoms with Crippen molar-refractivity contribution in [3.8, 4) is 0 Å². The van der Waals surface area contributed by atoms with Gasteiger partial charge in [0.25, 0.3) is 0 Å². The zero-order valence-corrected chi connectivity index (χ0v) is 8.81. The van der Waals surface area contributed by atoms with Gasteiger partial charge in [0.15, 0.2) is 0 Å². The van der Waals surface area contributed by atoms with Crippen LogP contribution in [0.4, 0.5) is 4.39 Å². The van der Waals surface area contributed by atoms with E-state index in [0.717, 1.165) is 5.56 Å². The van der Waals surface area contributed by atoms with Gasteiger partial charge in [-0.05, 0) is 29.7 Å². The van der Waals surface area contributed by atoms with Crippen LogP contribution in [-0.2, 0) is 6.42 Å². The zero-order chi connectivity index (χ0) is 10.6. The molecule has 0 fully saturated rings. The number of rotatable bonds is 3. The minimum Gasteiger partial charge on any atom is -0.327 e. The Bertz CT molecular complexity index is 347. The molecular formula is C11H13ClFN. The van der Waals surface area contributed by atoms with Gasteiger partial charge in [0, 0.05) is 6.54 Å². The monoisotopic (exact) mass is 213 g/mol. The molecule has 1 rings (SSSR count). The molecule has 0 amide bonds. The van der Waals surface area contributed by atoms with Crippen molar-refractivity contribution in [3.05, 3.63) is 40.2 Å². The van der Waals surface area contributed by atoms with Crippen LogP contribution in [0.15, 0.2) is 18.2 Å². The molecule has 0 saturated carbocycles. The second kappa shape index (κ2) is 5.13. The van der Waals surface area contributed by atoms with E-state index < -0.39 is 0 Å². The fourth-order valence-corrected chi connectivity index (χ4v) is 1.47. The van der Waals surface area contributed by atoms with E-state index in [1.54, 1.807) is 12.1 Å². The van der Waals surface area contributed by atoms with Crippen LogP contribution in [0.3, 0.4) is 0 Å². The predicted octanol–water partition coefficient (Wildman–Crippen LogP) is 3.01. The molecule has 14 heavy (non-hydrogen) atoms. The van der Waals surface area contributed by atoms with E-state index in [4.69, 9.17) is 17.3 Å². The van der Waals surface area contributed by atoms with Gasteiger partial charge >= 0.3 is 0 Å². The third kappa shape index (κ3) is 2.56. The molecule has 76 valence electrons. The van der Waals surface area contributed by atoms with Crippen molar-refractivity contribution < 1.29 is 4.39 Å². The van der Waals surface area contributed by atoms with Crippen molar-refractivity contribution in [1.29, 1.82) is 0 Å². The molecule has 0 aliphatic carbocycles. The molecule has 3 heteroatoms. The molecule has 0 aliphatic rings. The van der Waals surface area contributed by atoms with Gasteiger partial charge in [-0.15, -0.1) is 0 Å². The summed E-state index contributed by atoms with van der Waals surface area (Å²) in [5, 5.41) is 0.168. The maximum atomic E-state index is 13.3. The topological polar surface area (TPSA) is 26.0 Å². The Morgan fingerprint density at radius 2 is 2.21 bits per heavy atom. The van der Waals surface area contributed by atoms with Crippen LogP contribution in [0.2, 0.25) is 5.02 Å². The molecule has 0 heterocycles. The Morgan fingerprint density at radius 1 is 1.50 bits per heavy atom. The summed E-state index contributed by atoms with van der Waals surface area (Å²) in [4.78, 5) is 0. The Kier molecular flexibility index (Phi) is 4.11. The van der Waals surface area contributed by atoms with Gasteiger partial charge in [-0.25, -0.2) is 4.39 Å². The fourth-order valence-electron chi connectivity index (χ4n) is 1.23. The van der Waals surface area contributed by atoms with Gasteiger partial charge < -0.3 is 5.73 Å². The van der Waals surface area contributed by atoms with E-state index in [9.17, 15) is 4.39 Å². The van der Waals surface area contributed by atoms with Crippen molar-refractivity contribution in [2.24, 2.45) is 5.73 Å². The van der Waals surface area contributed by atoms with Crippen molar-refractivity contribution >= 4 is 17.7 Å². The van der Waals surface area contributed by atoms with E-state index in [1.165, 1.54) is 0 Å². The first-order valence-corrected chi connectivity index (χ1v) is 4.91. The fraction of sp³-hybridized carbons (Fsp3) is 0.273. The maximum Gasteiger partial charge on any atom is 0.144 e. The normalized spacial score (nSPS) is 11.1. The summed E-state index contributed by atoms with van der Waals surface area (Å²) in [6.45, 7) is 2.36. The quantitative estimate of drug-likeness (QED) is 0.821. The van der Waals surface area contributed by atoms with Crippen LogP contribution in [0.25, 0.3) is 6.08 Å². The van der Waals surface area contributed by atoms with Crippen LogP contribution in [-0.4, -0.2) is 6.54 Å². The van der Waals surface area contributed by atoms with E-state index in [1.807, 2.05) is 19.1 Å².